The van der Waals surface area contributed by atoms with Crippen molar-refractivity contribution < 1.29 is 5.11 Å². The van der Waals surface area contributed by atoms with Gasteiger partial charge in [-0.2, -0.15) is 0 Å². The van der Waals surface area contributed by atoms with E-state index in [2.05, 4.69) is 43.0 Å². The van der Waals surface area contributed by atoms with Crippen molar-refractivity contribution in [3.05, 3.63) is 29.8 Å². The van der Waals surface area contributed by atoms with Crippen LogP contribution in [0.15, 0.2) is 24.3 Å². The Morgan fingerprint density at radius 3 is 2.47 bits per heavy atom. The van der Waals surface area contributed by atoms with Crippen molar-refractivity contribution in [2.45, 2.75) is 45.6 Å². The molecule has 0 saturated heterocycles. The lowest BCUT2D eigenvalue weighted by molar-refractivity contribution is 0.0350. The van der Waals surface area contributed by atoms with E-state index in [1.165, 1.54) is 11.3 Å². The van der Waals surface area contributed by atoms with Crippen molar-refractivity contribution in [1.82, 2.24) is 0 Å². The Morgan fingerprint density at radius 2 is 1.95 bits per heavy atom. The maximum atomic E-state index is 10.2. The number of benzene rings is 1. The summed E-state index contributed by atoms with van der Waals surface area (Å²) in [6.07, 6.45) is 2.45. The van der Waals surface area contributed by atoms with Crippen LogP contribution in [0.3, 0.4) is 0 Å². The van der Waals surface area contributed by atoms with Gasteiger partial charge in [0, 0.05) is 25.3 Å². The summed E-state index contributed by atoms with van der Waals surface area (Å²) in [5, 5.41) is 10.2. The molecule has 0 bridgehead atoms. The topological polar surface area (TPSA) is 49.5 Å². The normalized spacial score (nSPS) is 14.2. The summed E-state index contributed by atoms with van der Waals surface area (Å²) in [6, 6.07) is 8.44. The molecule has 0 saturated carbocycles. The van der Waals surface area contributed by atoms with Gasteiger partial charge in [-0.3, -0.25) is 0 Å². The summed E-state index contributed by atoms with van der Waals surface area (Å²) >= 11 is 0. The standard InChI is InChI=1S/C16H28N2O/c1-4-16(19,13-17)11-8-12-18(5-2)15-10-7-6-9-14(15)3/h6-7,9-10,19H,4-5,8,11-13,17H2,1-3H3. The summed E-state index contributed by atoms with van der Waals surface area (Å²) in [5.74, 6) is 0. The highest BCUT2D eigenvalue weighted by Crippen LogP contribution is 2.21. The first-order valence-electron chi connectivity index (χ1n) is 7.29. The van der Waals surface area contributed by atoms with E-state index in [9.17, 15) is 5.11 Å². The average Bonchev–Trinajstić information content (AvgIpc) is 2.44. The molecule has 1 unspecified atom stereocenters. The van der Waals surface area contributed by atoms with Crippen LogP contribution < -0.4 is 10.6 Å². The van der Waals surface area contributed by atoms with Crippen molar-refractivity contribution in [3.8, 4) is 0 Å². The zero-order valence-corrected chi connectivity index (χ0v) is 12.5. The Hall–Kier alpha value is -1.06. The van der Waals surface area contributed by atoms with Crippen LogP contribution in [0.4, 0.5) is 5.69 Å². The van der Waals surface area contributed by atoms with E-state index in [1.807, 2.05) is 6.92 Å². The van der Waals surface area contributed by atoms with Crippen LogP contribution >= 0.6 is 0 Å². The monoisotopic (exact) mass is 264 g/mol. The van der Waals surface area contributed by atoms with Gasteiger partial charge in [-0.05, 0) is 44.7 Å². The fourth-order valence-electron chi connectivity index (χ4n) is 2.39. The second kappa shape index (κ2) is 7.51. The molecule has 0 fully saturated rings. The molecule has 1 atom stereocenters. The summed E-state index contributed by atoms with van der Waals surface area (Å²) in [6.45, 7) is 8.59. The SMILES string of the molecule is CCN(CCCC(O)(CC)CN)c1ccccc1C. The molecular weight excluding hydrogens is 236 g/mol. The van der Waals surface area contributed by atoms with E-state index in [-0.39, 0.29) is 0 Å². The molecule has 3 N–H and O–H groups in total. The van der Waals surface area contributed by atoms with Gasteiger partial charge in [0.1, 0.15) is 0 Å². The van der Waals surface area contributed by atoms with E-state index < -0.39 is 5.60 Å². The Balaban J connectivity index is 2.57. The van der Waals surface area contributed by atoms with Crippen LogP contribution in [0.1, 0.15) is 38.7 Å². The molecule has 0 heterocycles. The third kappa shape index (κ3) is 4.51. The number of para-hydroxylation sites is 1. The van der Waals surface area contributed by atoms with Crippen LogP contribution in [-0.2, 0) is 0 Å². The Kier molecular flexibility index (Phi) is 6.32. The predicted octanol–water partition coefficient (Wildman–Crippen LogP) is 2.70. The minimum Gasteiger partial charge on any atom is -0.389 e. The van der Waals surface area contributed by atoms with Gasteiger partial charge in [-0.15, -0.1) is 0 Å². The highest BCUT2D eigenvalue weighted by Gasteiger charge is 2.22. The minimum absolute atomic E-state index is 0.347. The zero-order valence-electron chi connectivity index (χ0n) is 12.5. The molecule has 1 aromatic carbocycles. The molecule has 1 aromatic rings. The molecule has 0 aliphatic rings. The first kappa shape index (κ1) is 16.0. The molecule has 1 rings (SSSR count). The van der Waals surface area contributed by atoms with Gasteiger partial charge < -0.3 is 15.7 Å². The van der Waals surface area contributed by atoms with Gasteiger partial charge in [0.25, 0.3) is 0 Å². The number of hydrogen-bond acceptors (Lipinski definition) is 3. The third-order valence-electron chi connectivity index (χ3n) is 3.95. The lowest BCUT2D eigenvalue weighted by atomic mass is 9.94. The van der Waals surface area contributed by atoms with E-state index in [1.54, 1.807) is 0 Å². The summed E-state index contributed by atoms with van der Waals surface area (Å²) < 4.78 is 0. The van der Waals surface area contributed by atoms with Gasteiger partial charge in [0.05, 0.1) is 5.60 Å². The Labute approximate surface area is 117 Å². The molecule has 3 heteroatoms. The number of rotatable bonds is 8. The maximum absolute atomic E-state index is 10.2. The second-order valence-corrected chi connectivity index (χ2v) is 5.25. The number of aryl methyl sites for hydroxylation is 1. The van der Waals surface area contributed by atoms with E-state index in [0.717, 1.165) is 32.4 Å². The molecule has 0 aromatic heterocycles. The van der Waals surface area contributed by atoms with Crippen molar-refractivity contribution in [1.29, 1.82) is 0 Å². The molecular formula is C16H28N2O. The van der Waals surface area contributed by atoms with Crippen LogP contribution in [0.25, 0.3) is 0 Å². The van der Waals surface area contributed by atoms with Crippen LogP contribution in [0, 0.1) is 6.92 Å². The van der Waals surface area contributed by atoms with Crippen molar-refractivity contribution in [2.75, 3.05) is 24.5 Å². The predicted molar refractivity (Wildman–Crippen MR) is 82.6 cm³/mol. The highest BCUT2D eigenvalue weighted by atomic mass is 16.3. The summed E-state index contributed by atoms with van der Waals surface area (Å²) in [5.41, 5.74) is 7.54. The smallest absolute Gasteiger partial charge is 0.0767 e. The average molecular weight is 264 g/mol. The van der Waals surface area contributed by atoms with Crippen LogP contribution in [0.2, 0.25) is 0 Å². The lowest BCUT2D eigenvalue weighted by Gasteiger charge is -2.29. The quantitative estimate of drug-likeness (QED) is 0.759. The van der Waals surface area contributed by atoms with Gasteiger partial charge in [-0.25, -0.2) is 0 Å². The molecule has 0 spiro atoms. The summed E-state index contributed by atoms with van der Waals surface area (Å²) in [4.78, 5) is 2.36. The number of nitrogens with zero attached hydrogens (tertiary/aromatic N) is 1. The molecule has 0 aliphatic carbocycles. The Morgan fingerprint density at radius 1 is 1.26 bits per heavy atom. The first-order valence-corrected chi connectivity index (χ1v) is 7.29. The molecule has 0 aliphatic heterocycles. The highest BCUT2D eigenvalue weighted by molar-refractivity contribution is 5.52. The lowest BCUT2D eigenvalue weighted by Crippen LogP contribution is -2.38. The van der Waals surface area contributed by atoms with Gasteiger partial charge in [0.2, 0.25) is 0 Å². The van der Waals surface area contributed by atoms with Crippen molar-refractivity contribution in [3.63, 3.8) is 0 Å². The molecule has 3 nitrogen and oxygen atoms in total. The largest absolute Gasteiger partial charge is 0.389 e. The van der Waals surface area contributed by atoms with Gasteiger partial charge in [0.15, 0.2) is 0 Å². The van der Waals surface area contributed by atoms with E-state index in [0.29, 0.717) is 6.54 Å². The first-order chi connectivity index (χ1) is 9.06. The molecule has 108 valence electrons. The van der Waals surface area contributed by atoms with Crippen LogP contribution in [-0.4, -0.2) is 30.3 Å². The summed E-state index contributed by atoms with van der Waals surface area (Å²) in [7, 11) is 0. The second-order valence-electron chi connectivity index (χ2n) is 5.25. The molecule has 0 radical (unpaired) electrons. The van der Waals surface area contributed by atoms with Crippen molar-refractivity contribution >= 4 is 5.69 Å². The molecule has 19 heavy (non-hydrogen) atoms. The fraction of sp³-hybridized carbons (Fsp3) is 0.625. The zero-order chi connectivity index (χ0) is 14.3. The number of aliphatic hydroxyl groups is 1. The number of nitrogens with two attached hydrogens (primary N) is 1. The van der Waals surface area contributed by atoms with Crippen LogP contribution in [0.5, 0.6) is 0 Å². The van der Waals surface area contributed by atoms with Gasteiger partial charge in [-0.1, -0.05) is 25.1 Å². The minimum atomic E-state index is -0.689. The fourth-order valence-corrected chi connectivity index (χ4v) is 2.39. The maximum Gasteiger partial charge on any atom is 0.0767 e. The van der Waals surface area contributed by atoms with Crippen molar-refractivity contribution in [2.24, 2.45) is 5.73 Å². The molecule has 0 amide bonds. The number of hydrogen-bond donors (Lipinski definition) is 2. The third-order valence-corrected chi connectivity index (χ3v) is 3.95. The number of anilines is 1. The van der Waals surface area contributed by atoms with Gasteiger partial charge >= 0.3 is 0 Å². The van der Waals surface area contributed by atoms with E-state index >= 15 is 0 Å². The Bertz CT molecular complexity index is 375. The van der Waals surface area contributed by atoms with E-state index in [4.69, 9.17) is 5.73 Å².